The van der Waals surface area contributed by atoms with Crippen LogP contribution in [0.5, 0.6) is 0 Å². The fourth-order valence-corrected chi connectivity index (χ4v) is 13.8. The van der Waals surface area contributed by atoms with E-state index in [1.54, 1.807) is 0 Å². The van der Waals surface area contributed by atoms with E-state index in [1.807, 2.05) is 6.07 Å². The molecule has 0 aliphatic heterocycles. The minimum absolute atomic E-state index is 1.13. The highest BCUT2D eigenvalue weighted by molar-refractivity contribution is 5.96. The summed E-state index contributed by atoms with van der Waals surface area (Å²) in [6, 6.07) is 156. The van der Waals surface area contributed by atoms with Gasteiger partial charge in [-0.2, -0.15) is 0 Å². The van der Waals surface area contributed by atoms with E-state index < -0.39 is 0 Å². The molecule has 107 heavy (non-hydrogen) atoms. The Morgan fingerprint density at radius 3 is 0.682 bits per heavy atom. The Labute approximate surface area is 629 Å². The zero-order valence-electron chi connectivity index (χ0n) is 60.3. The van der Waals surface area contributed by atoms with Gasteiger partial charge in [-0.25, -0.2) is 0 Å². The van der Waals surface area contributed by atoms with Gasteiger partial charge in [-0.15, -0.1) is 0 Å². The van der Waals surface area contributed by atoms with Crippen molar-refractivity contribution < 1.29 is 0 Å². The third-order valence-corrected chi connectivity index (χ3v) is 19.6. The van der Waals surface area contributed by atoms with Gasteiger partial charge in [0.15, 0.2) is 0 Å². The maximum atomic E-state index is 2.28. The molecule has 0 heterocycles. The van der Waals surface area contributed by atoms with Gasteiger partial charge in [0, 0.05) is 112 Å². The van der Waals surface area contributed by atoms with Gasteiger partial charge in [0.1, 0.15) is 0 Å². The summed E-state index contributed by atoms with van der Waals surface area (Å²) in [6.45, 7) is 0. The van der Waals surface area contributed by atoms with Gasteiger partial charge in [0.25, 0.3) is 0 Å². The second-order valence-corrected chi connectivity index (χ2v) is 26.3. The predicted octanol–water partition coefficient (Wildman–Crippen LogP) is 28.1. The van der Waals surface area contributed by atoms with Crippen LogP contribution in [0.2, 0.25) is 0 Å². The van der Waals surface area contributed by atoms with Gasteiger partial charge in [0.05, 0.1) is 0 Å². The van der Waals surface area contributed by atoms with Gasteiger partial charge in [0.2, 0.25) is 0 Å². The average molecular weight is 1380 g/mol. The molecule has 0 N–H and O–H groups in total. The molecule has 0 aliphatic carbocycles. The lowest BCUT2D eigenvalue weighted by Crippen LogP contribution is -2.09. The summed E-state index contributed by atoms with van der Waals surface area (Å²) in [5.41, 5.74) is 24.5. The summed E-state index contributed by atoms with van der Waals surface area (Å²) in [6.07, 6.45) is 0. The molecule has 6 nitrogen and oxygen atoms in total. The van der Waals surface area contributed by atoms with E-state index in [-0.39, 0.29) is 0 Å². The molecule has 0 radical (unpaired) electrons. The van der Waals surface area contributed by atoms with Crippen LogP contribution in [0, 0.1) is 0 Å². The first-order valence-electron chi connectivity index (χ1n) is 36.4. The molecule has 17 aromatic carbocycles. The Balaban J connectivity index is 0.000000129. The first-order chi connectivity index (χ1) is 52.8. The SMILES string of the molecule is CN(c1ccc(-c2ccc(N(c3ccccc3)c3ccccc3)cc2)cc1)c1ccc2ccccc2c1.CN(c1ccc(-c2ccc(N(c3ccccc3)c3ccccc3)cc2)cc1)c1cccc2ccccc12.CN(c1ccccc1)c1ccc(-c2ccc(N(c3ccccc3)c3ccccc3)cc2)cc1. The second kappa shape index (κ2) is 33.0. The van der Waals surface area contributed by atoms with E-state index in [0.717, 1.165) is 62.6 Å². The van der Waals surface area contributed by atoms with Crippen molar-refractivity contribution in [3.63, 3.8) is 0 Å². The summed E-state index contributed by atoms with van der Waals surface area (Å²) >= 11 is 0. The monoisotopic (exact) mass is 1380 g/mol. The third kappa shape index (κ3) is 16.1. The van der Waals surface area contributed by atoms with Crippen LogP contribution in [0.4, 0.5) is 85.3 Å². The van der Waals surface area contributed by atoms with Gasteiger partial charge >= 0.3 is 0 Å². The predicted molar refractivity (Wildman–Crippen MR) is 458 cm³/mol. The number of hydrogen-bond acceptors (Lipinski definition) is 6. The third-order valence-electron chi connectivity index (χ3n) is 19.6. The zero-order valence-corrected chi connectivity index (χ0v) is 60.3. The molecule has 0 saturated carbocycles. The Morgan fingerprint density at radius 1 is 0.140 bits per heavy atom. The molecule has 0 fully saturated rings. The van der Waals surface area contributed by atoms with Crippen molar-refractivity contribution in [1.29, 1.82) is 0 Å². The molecule has 17 aromatic rings. The maximum Gasteiger partial charge on any atom is 0.0487 e. The van der Waals surface area contributed by atoms with E-state index in [1.165, 1.54) is 77.7 Å². The van der Waals surface area contributed by atoms with Crippen LogP contribution in [0.3, 0.4) is 0 Å². The van der Waals surface area contributed by atoms with Gasteiger partial charge in [-0.3, -0.25) is 0 Å². The molecule has 0 saturated heterocycles. The Hall–Kier alpha value is -13.9. The molecule has 0 bridgehead atoms. The molecule has 6 heteroatoms. The van der Waals surface area contributed by atoms with Crippen molar-refractivity contribution in [3.05, 3.63) is 443 Å². The highest BCUT2D eigenvalue weighted by atomic mass is 15.2. The summed E-state index contributed by atoms with van der Waals surface area (Å²) in [4.78, 5) is 13.5. The molecule has 17 rings (SSSR count). The van der Waals surface area contributed by atoms with Crippen LogP contribution in [-0.2, 0) is 0 Å². The van der Waals surface area contributed by atoms with Crippen LogP contribution in [0.25, 0.3) is 54.9 Å². The van der Waals surface area contributed by atoms with Crippen LogP contribution in [0.1, 0.15) is 0 Å². The largest absolute Gasteiger partial charge is 0.345 e. The Bertz CT molecular complexity index is 5490. The lowest BCUT2D eigenvalue weighted by atomic mass is 10.0. The number of hydrogen-bond donors (Lipinski definition) is 0. The quantitative estimate of drug-likeness (QED) is 0.0847. The van der Waals surface area contributed by atoms with E-state index in [4.69, 9.17) is 0 Å². The highest BCUT2D eigenvalue weighted by Gasteiger charge is 2.17. The molecule has 516 valence electrons. The summed E-state index contributed by atoms with van der Waals surface area (Å²) in [5, 5.41) is 5.03. The van der Waals surface area contributed by atoms with Crippen molar-refractivity contribution >= 4 is 107 Å². The van der Waals surface area contributed by atoms with Crippen molar-refractivity contribution in [2.45, 2.75) is 0 Å². The highest BCUT2D eigenvalue weighted by Crippen LogP contribution is 2.41. The molecular weight excluding hydrogens is 1300 g/mol. The molecule has 0 aromatic heterocycles. The van der Waals surface area contributed by atoms with E-state index in [0.29, 0.717) is 0 Å². The first kappa shape index (κ1) is 68.8. The number of nitrogens with zero attached hydrogens (tertiary/aromatic N) is 6. The Kier molecular flexibility index (Phi) is 21.2. The van der Waals surface area contributed by atoms with Crippen LogP contribution in [-0.4, -0.2) is 21.1 Å². The standard InChI is InChI=1S/2C35H28N2.C31H26N2/c1-36(35-18-10-12-29-11-8-9-17-34(29)35)30-23-19-27(20-24-30)28-21-25-33(26-22-28)37(31-13-4-2-5-14-31)32-15-6-3-7-16-32;1-36(35-25-20-27-10-8-9-11-30(27)26-35)31-21-16-28(17-22-31)29-18-23-34(24-19-29)37(32-12-4-2-5-13-32)33-14-6-3-7-15-33;1-32(27-11-5-2-6-12-27)28-21-17-25(18-22-28)26-19-23-31(24-20-26)33(29-13-7-3-8-14-29)30-15-9-4-10-16-30/h2*2-26H,1H3;2-24H,1H3. The van der Waals surface area contributed by atoms with Crippen LogP contribution < -0.4 is 29.4 Å². The van der Waals surface area contributed by atoms with Gasteiger partial charge < -0.3 is 29.4 Å². The van der Waals surface area contributed by atoms with E-state index in [9.17, 15) is 0 Å². The number of para-hydroxylation sites is 7. The Morgan fingerprint density at radius 2 is 0.355 bits per heavy atom. The number of benzene rings is 17. The minimum Gasteiger partial charge on any atom is -0.345 e. The maximum absolute atomic E-state index is 2.28. The number of fused-ring (bicyclic) bond motifs is 2. The zero-order chi connectivity index (χ0) is 72.5. The fourth-order valence-electron chi connectivity index (χ4n) is 13.8. The van der Waals surface area contributed by atoms with Crippen LogP contribution in [0.15, 0.2) is 443 Å². The molecule has 0 unspecified atom stereocenters. The molecular formula is C101H82N6. The summed E-state index contributed by atoms with van der Waals surface area (Å²) in [7, 11) is 6.35. The molecule has 0 atom stereocenters. The van der Waals surface area contributed by atoms with Gasteiger partial charge in [-0.1, -0.05) is 267 Å². The number of anilines is 15. The van der Waals surface area contributed by atoms with Crippen molar-refractivity contribution in [1.82, 2.24) is 0 Å². The van der Waals surface area contributed by atoms with E-state index >= 15 is 0 Å². The average Bonchev–Trinajstić information content (AvgIpc) is 0.900. The smallest absolute Gasteiger partial charge is 0.0487 e. The topological polar surface area (TPSA) is 19.4 Å². The molecule has 0 aliphatic rings. The normalized spacial score (nSPS) is 10.8. The lowest BCUT2D eigenvalue weighted by Gasteiger charge is -2.25. The van der Waals surface area contributed by atoms with E-state index in [2.05, 4.69) is 487 Å². The molecule has 0 amide bonds. The second-order valence-electron chi connectivity index (χ2n) is 26.3. The van der Waals surface area contributed by atoms with Crippen molar-refractivity contribution in [3.8, 4) is 33.4 Å². The minimum atomic E-state index is 1.13. The van der Waals surface area contributed by atoms with Gasteiger partial charge in [-0.05, 0) is 225 Å². The molecule has 0 spiro atoms. The van der Waals surface area contributed by atoms with Crippen molar-refractivity contribution in [2.24, 2.45) is 0 Å². The van der Waals surface area contributed by atoms with Crippen molar-refractivity contribution in [2.75, 3.05) is 50.5 Å². The number of rotatable bonds is 18. The lowest BCUT2D eigenvalue weighted by molar-refractivity contribution is 1.21. The fraction of sp³-hybridized carbons (Fsp3) is 0.0297. The van der Waals surface area contributed by atoms with Crippen LogP contribution >= 0.6 is 0 Å². The summed E-state index contributed by atoms with van der Waals surface area (Å²) in [5.74, 6) is 0. The summed E-state index contributed by atoms with van der Waals surface area (Å²) < 4.78 is 0. The first-order valence-corrected chi connectivity index (χ1v) is 36.4.